The molecular weight excluding hydrogens is 236 g/mol. The third-order valence-electron chi connectivity index (χ3n) is 1.97. The summed E-state index contributed by atoms with van der Waals surface area (Å²) in [4.78, 5) is 0. The molecule has 2 rings (SSSR count). The van der Waals surface area contributed by atoms with Gasteiger partial charge in [0.05, 0.1) is 19.3 Å². The summed E-state index contributed by atoms with van der Waals surface area (Å²) in [6, 6.07) is 1.92. The largest absolute Gasteiger partial charge is 0.355 e. The Bertz CT molecular complexity index is 271. The lowest BCUT2D eigenvalue weighted by atomic mass is 10.2. The van der Waals surface area contributed by atoms with E-state index in [1.807, 2.05) is 16.9 Å². The molecule has 0 N–H and O–H groups in total. The molecule has 5 heteroatoms. The fourth-order valence-electron chi connectivity index (χ4n) is 1.29. The lowest BCUT2D eigenvalue weighted by Gasteiger charge is -2.22. The SMILES string of the molecule is Brc1ccn(CC2CCOCO2)n1. The monoisotopic (exact) mass is 246 g/mol. The molecule has 0 saturated carbocycles. The first kappa shape index (κ1) is 9.18. The average molecular weight is 247 g/mol. The molecule has 1 unspecified atom stereocenters. The maximum absolute atomic E-state index is 5.39. The van der Waals surface area contributed by atoms with Crippen molar-refractivity contribution >= 4 is 15.9 Å². The van der Waals surface area contributed by atoms with Crippen molar-refractivity contribution in [1.82, 2.24) is 9.78 Å². The number of ether oxygens (including phenoxy) is 2. The zero-order chi connectivity index (χ0) is 9.10. The summed E-state index contributed by atoms with van der Waals surface area (Å²) in [6.07, 6.45) is 3.11. The molecule has 4 nitrogen and oxygen atoms in total. The molecule has 1 aromatic rings. The van der Waals surface area contributed by atoms with Gasteiger partial charge in [-0.3, -0.25) is 4.68 Å². The molecule has 2 heterocycles. The van der Waals surface area contributed by atoms with E-state index in [2.05, 4.69) is 21.0 Å². The van der Waals surface area contributed by atoms with Gasteiger partial charge in [0.25, 0.3) is 0 Å². The Kier molecular flexibility index (Phi) is 2.97. The van der Waals surface area contributed by atoms with Gasteiger partial charge < -0.3 is 9.47 Å². The van der Waals surface area contributed by atoms with Crippen LogP contribution in [0.4, 0.5) is 0 Å². The molecular formula is C8H11BrN2O2. The second kappa shape index (κ2) is 4.21. The number of halogens is 1. The second-order valence-corrected chi connectivity index (χ2v) is 3.78. The maximum Gasteiger partial charge on any atom is 0.147 e. The molecule has 1 fully saturated rings. The van der Waals surface area contributed by atoms with Crippen LogP contribution in [0.25, 0.3) is 0 Å². The number of hydrogen-bond acceptors (Lipinski definition) is 3. The van der Waals surface area contributed by atoms with Crippen LogP contribution in [0.5, 0.6) is 0 Å². The van der Waals surface area contributed by atoms with Crippen LogP contribution in [0.15, 0.2) is 16.9 Å². The number of hydrogen-bond donors (Lipinski definition) is 0. The molecule has 0 spiro atoms. The van der Waals surface area contributed by atoms with Gasteiger partial charge in [0, 0.05) is 6.20 Å². The summed E-state index contributed by atoms with van der Waals surface area (Å²) in [7, 11) is 0. The van der Waals surface area contributed by atoms with E-state index in [0.717, 1.165) is 24.2 Å². The van der Waals surface area contributed by atoms with E-state index in [1.165, 1.54) is 0 Å². The van der Waals surface area contributed by atoms with Crippen LogP contribution >= 0.6 is 15.9 Å². The quantitative estimate of drug-likeness (QED) is 0.792. The Hall–Kier alpha value is -0.390. The van der Waals surface area contributed by atoms with Gasteiger partial charge in [0.1, 0.15) is 11.4 Å². The highest BCUT2D eigenvalue weighted by Gasteiger charge is 2.14. The van der Waals surface area contributed by atoms with Gasteiger partial charge in [0.15, 0.2) is 0 Å². The molecule has 0 aliphatic carbocycles. The van der Waals surface area contributed by atoms with Gasteiger partial charge in [-0.05, 0) is 28.4 Å². The third-order valence-corrected chi connectivity index (χ3v) is 2.39. The van der Waals surface area contributed by atoms with E-state index in [9.17, 15) is 0 Å². The van der Waals surface area contributed by atoms with Crippen LogP contribution in [0.3, 0.4) is 0 Å². The van der Waals surface area contributed by atoms with Crippen LogP contribution in [-0.2, 0) is 16.0 Å². The van der Waals surface area contributed by atoms with Gasteiger partial charge in [-0.2, -0.15) is 5.10 Å². The topological polar surface area (TPSA) is 36.3 Å². The van der Waals surface area contributed by atoms with Crippen molar-refractivity contribution < 1.29 is 9.47 Å². The third kappa shape index (κ3) is 2.52. The normalized spacial score (nSPS) is 23.3. The summed E-state index contributed by atoms with van der Waals surface area (Å²) in [6.45, 7) is 2.00. The fraction of sp³-hybridized carbons (Fsp3) is 0.625. The molecule has 0 aromatic carbocycles. The second-order valence-electron chi connectivity index (χ2n) is 2.96. The van der Waals surface area contributed by atoms with Crippen molar-refractivity contribution in [2.45, 2.75) is 19.1 Å². The average Bonchev–Trinajstić information content (AvgIpc) is 2.53. The lowest BCUT2D eigenvalue weighted by molar-refractivity contribution is -0.143. The first-order valence-electron chi connectivity index (χ1n) is 4.23. The molecule has 0 amide bonds. The Labute approximate surface area is 85.0 Å². The summed E-state index contributed by atoms with van der Waals surface area (Å²) >= 11 is 3.30. The Balaban J connectivity index is 1.89. The van der Waals surface area contributed by atoms with E-state index >= 15 is 0 Å². The van der Waals surface area contributed by atoms with Crippen molar-refractivity contribution in [3.8, 4) is 0 Å². The highest BCUT2D eigenvalue weighted by Crippen LogP contribution is 2.10. The van der Waals surface area contributed by atoms with Crippen molar-refractivity contribution in [3.05, 3.63) is 16.9 Å². The highest BCUT2D eigenvalue weighted by molar-refractivity contribution is 9.10. The van der Waals surface area contributed by atoms with Crippen molar-refractivity contribution in [2.24, 2.45) is 0 Å². The van der Waals surface area contributed by atoms with E-state index in [1.54, 1.807) is 0 Å². The van der Waals surface area contributed by atoms with E-state index in [4.69, 9.17) is 9.47 Å². The number of nitrogens with zero attached hydrogens (tertiary/aromatic N) is 2. The molecule has 0 bridgehead atoms. The van der Waals surface area contributed by atoms with Crippen LogP contribution in [0.1, 0.15) is 6.42 Å². The maximum atomic E-state index is 5.39. The first-order chi connectivity index (χ1) is 6.34. The summed E-state index contributed by atoms with van der Waals surface area (Å²) in [5, 5.41) is 4.22. The van der Waals surface area contributed by atoms with Gasteiger partial charge in [-0.1, -0.05) is 0 Å². The minimum Gasteiger partial charge on any atom is -0.355 e. The highest BCUT2D eigenvalue weighted by atomic mass is 79.9. The Morgan fingerprint density at radius 1 is 1.69 bits per heavy atom. The van der Waals surface area contributed by atoms with E-state index in [-0.39, 0.29) is 6.10 Å². The Morgan fingerprint density at radius 2 is 2.62 bits per heavy atom. The van der Waals surface area contributed by atoms with Crippen LogP contribution in [-0.4, -0.2) is 29.3 Å². The molecule has 1 aliphatic heterocycles. The van der Waals surface area contributed by atoms with Gasteiger partial charge >= 0.3 is 0 Å². The molecule has 1 aromatic heterocycles. The summed E-state index contributed by atoms with van der Waals surface area (Å²) < 4.78 is 13.2. The minimum atomic E-state index is 0.237. The standard InChI is InChI=1S/C8H11BrN2O2/c9-8-1-3-11(10-8)5-7-2-4-12-6-13-7/h1,3,7H,2,4-6H2. The van der Waals surface area contributed by atoms with E-state index in [0.29, 0.717) is 6.79 Å². The van der Waals surface area contributed by atoms with E-state index < -0.39 is 0 Å². The fourth-order valence-corrected chi connectivity index (χ4v) is 1.61. The molecule has 72 valence electrons. The van der Waals surface area contributed by atoms with Gasteiger partial charge in [0.2, 0.25) is 0 Å². The first-order valence-corrected chi connectivity index (χ1v) is 5.02. The molecule has 1 atom stereocenters. The zero-order valence-electron chi connectivity index (χ0n) is 7.15. The molecule has 13 heavy (non-hydrogen) atoms. The smallest absolute Gasteiger partial charge is 0.147 e. The molecule has 0 radical (unpaired) electrons. The number of rotatable bonds is 2. The predicted octanol–water partition coefficient (Wildman–Crippen LogP) is 1.41. The summed E-state index contributed by atoms with van der Waals surface area (Å²) in [5.74, 6) is 0. The number of aromatic nitrogens is 2. The van der Waals surface area contributed by atoms with Gasteiger partial charge in [-0.15, -0.1) is 0 Å². The minimum absolute atomic E-state index is 0.237. The van der Waals surface area contributed by atoms with Crippen LogP contribution in [0.2, 0.25) is 0 Å². The Morgan fingerprint density at radius 3 is 3.23 bits per heavy atom. The van der Waals surface area contributed by atoms with Crippen LogP contribution in [0, 0.1) is 0 Å². The molecule has 1 aliphatic rings. The van der Waals surface area contributed by atoms with Crippen molar-refractivity contribution in [2.75, 3.05) is 13.4 Å². The summed E-state index contributed by atoms with van der Waals surface area (Å²) in [5.41, 5.74) is 0. The molecule has 1 saturated heterocycles. The lowest BCUT2D eigenvalue weighted by Crippen LogP contribution is -2.28. The zero-order valence-corrected chi connectivity index (χ0v) is 8.74. The van der Waals surface area contributed by atoms with Gasteiger partial charge in [-0.25, -0.2) is 0 Å². The van der Waals surface area contributed by atoms with Crippen molar-refractivity contribution in [3.63, 3.8) is 0 Å². The van der Waals surface area contributed by atoms with Crippen molar-refractivity contribution in [1.29, 1.82) is 0 Å². The predicted molar refractivity (Wildman–Crippen MR) is 50.2 cm³/mol. The van der Waals surface area contributed by atoms with Crippen LogP contribution < -0.4 is 0 Å².